The van der Waals surface area contributed by atoms with Crippen molar-refractivity contribution >= 4 is 33.9 Å². The van der Waals surface area contributed by atoms with Crippen LogP contribution in [0, 0.1) is 11.7 Å². The maximum Gasteiger partial charge on any atom is 0.227 e. The zero-order chi connectivity index (χ0) is 27.0. The summed E-state index contributed by atoms with van der Waals surface area (Å²) in [6.45, 7) is 4.91. The van der Waals surface area contributed by atoms with Crippen molar-refractivity contribution in [1.82, 2.24) is 19.4 Å². The fourth-order valence-electron chi connectivity index (χ4n) is 5.25. The minimum absolute atomic E-state index is 0.252. The first-order valence-corrected chi connectivity index (χ1v) is 13.0. The molecule has 0 spiro atoms. The van der Waals surface area contributed by atoms with Crippen LogP contribution in [0.15, 0.2) is 42.6 Å². The average molecular weight is 518 g/mol. The Morgan fingerprint density at radius 3 is 2.74 bits per heavy atom. The van der Waals surface area contributed by atoms with E-state index in [1.165, 1.54) is 11.8 Å². The summed E-state index contributed by atoms with van der Waals surface area (Å²) in [5.74, 6) is 1.36. The van der Waals surface area contributed by atoms with Crippen molar-refractivity contribution in [2.24, 2.45) is 5.92 Å². The third-order valence-electron chi connectivity index (χ3n) is 7.32. The molecule has 3 N–H and O–H groups in total. The third-order valence-corrected chi connectivity index (χ3v) is 7.32. The summed E-state index contributed by atoms with van der Waals surface area (Å²) < 4.78 is 22.4. The first kappa shape index (κ1) is 25.8. The number of methoxy groups -OCH3 is 1. The van der Waals surface area contributed by atoms with Gasteiger partial charge in [0, 0.05) is 61.1 Å². The topological polar surface area (TPSA) is 84.5 Å². The Morgan fingerprint density at radius 2 is 1.97 bits per heavy atom. The predicted octanol–water partition coefficient (Wildman–Crippen LogP) is 5.15. The molecule has 0 bridgehead atoms. The van der Waals surface area contributed by atoms with Crippen molar-refractivity contribution in [2.75, 3.05) is 57.3 Å². The molecule has 0 saturated carbocycles. The molecule has 3 heterocycles. The van der Waals surface area contributed by atoms with Gasteiger partial charge >= 0.3 is 0 Å². The van der Waals surface area contributed by atoms with Crippen molar-refractivity contribution in [2.45, 2.75) is 26.3 Å². The monoisotopic (exact) mass is 517 g/mol. The number of nitrogens with zero attached hydrogens (tertiary/aromatic N) is 5. The van der Waals surface area contributed by atoms with Gasteiger partial charge in [-0.25, -0.2) is 14.4 Å². The molecule has 2 aromatic heterocycles. The number of halogens is 1. The molecule has 0 saturated heterocycles. The van der Waals surface area contributed by atoms with Gasteiger partial charge in [0.25, 0.3) is 0 Å². The fraction of sp³-hybridized carbons (Fsp3) is 0.379. The number of nitrogens with one attached hydrogen (secondary N) is 1. The molecular weight excluding hydrogens is 481 g/mol. The largest absolute Gasteiger partial charge is 0.494 e. The zero-order valence-electron chi connectivity index (χ0n) is 22.8. The number of fused-ring (bicyclic) bond motifs is 3. The normalized spacial score (nSPS) is 15.1. The summed E-state index contributed by atoms with van der Waals surface area (Å²) in [6, 6.07) is 10.7. The smallest absolute Gasteiger partial charge is 0.227 e. The molecule has 0 fully saturated rings. The molecule has 200 valence electrons. The zero-order valence-corrected chi connectivity index (χ0v) is 22.8. The van der Waals surface area contributed by atoms with E-state index in [9.17, 15) is 4.39 Å². The highest BCUT2D eigenvalue weighted by Gasteiger charge is 2.25. The molecule has 1 unspecified atom stereocenters. The number of hydrogen-bond donors (Lipinski definition) is 2. The molecule has 1 aliphatic rings. The first-order valence-electron chi connectivity index (χ1n) is 13.0. The number of hydrogen-bond acceptors (Lipinski definition) is 7. The van der Waals surface area contributed by atoms with Crippen LogP contribution in [0.4, 0.5) is 27.4 Å². The van der Waals surface area contributed by atoms with Gasteiger partial charge in [-0.1, -0.05) is 6.92 Å². The van der Waals surface area contributed by atoms with E-state index < -0.39 is 0 Å². The Morgan fingerprint density at radius 1 is 1.16 bits per heavy atom. The highest BCUT2D eigenvalue weighted by molar-refractivity contribution is 5.97. The summed E-state index contributed by atoms with van der Waals surface area (Å²) in [5, 5.41) is 4.18. The minimum Gasteiger partial charge on any atom is -0.494 e. The van der Waals surface area contributed by atoms with Gasteiger partial charge < -0.3 is 30.2 Å². The Hall–Kier alpha value is -3.85. The Labute approximate surface area is 223 Å². The third kappa shape index (κ3) is 4.98. The average Bonchev–Trinajstić information content (AvgIpc) is 3.19. The van der Waals surface area contributed by atoms with Crippen LogP contribution in [0.5, 0.6) is 5.75 Å². The second-order valence-electron chi connectivity index (χ2n) is 10.5. The fourth-order valence-corrected chi connectivity index (χ4v) is 5.25. The van der Waals surface area contributed by atoms with Crippen molar-refractivity contribution in [3.63, 3.8) is 0 Å². The molecule has 0 amide bonds. The van der Waals surface area contributed by atoms with E-state index in [2.05, 4.69) is 31.6 Å². The molecular formula is C29H36FN7O. The number of aromatic nitrogens is 3. The molecule has 38 heavy (non-hydrogen) atoms. The van der Waals surface area contributed by atoms with Crippen LogP contribution in [-0.2, 0) is 13.0 Å². The maximum atomic E-state index is 14.4. The first-order chi connectivity index (χ1) is 18.2. The molecule has 8 nitrogen and oxygen atoms in total. The van der Waals surface area contributed by atoms with Crippen molar-refractivity contribution < 1.29 is 9.13 Å². The van der Waals surface area contributed by atoms with Gasteiger partial charge in [0.15, 0.2) is 0 Å². The molecule has 0 aliphatic carbocycles. The van der Waals surface area contributed by atoms with Crippen molar-refractivity contribution in [3.05, 3.63) is 54.1 Å². The quantitative estimate of drug-likeness (QED) is 0.313. The van der Waals surface area contributed by atoms with Gasteiger partial charge in [-0.15, -0.1) is 0 Å². The van der Waals surface area contributed by atoms with Crippen LogP contribution in [0.3, 0.4) is 0 Å². The predicted molar refractivity (Wildman–Crippen MR) is 153 cm³/mol. The molecule has 2 aromatic carbocycles. The summed E-state index contributed by atoms with van der Waals surface area (Å²) >= 11 is 0. The van der Waals surface area contributed by atoms with E-state index in [-0.39, 0.29) is 5.82 Å². The number of aryl methyl sites for hydroxylation is 1. The maximum absolute atomic E-state index is 14.4. The molecule has 0 radical (unpaired) electrons. The van der Waals surface area contributed by atoms with Gasteiger partial charge in [-0.2, -0.15) is 0 Å². The van der Waals surface area contributed by atoms with E-state index in [0.29, 0.717) is 29.0 Å². The molecule has 9 heteroatoms. The number of benzene rings is 2. The second-order valence-corrected chi connectivity index (χ2v) is 10.5. The van der Waals surface area contributed by atoms with E-state index in [1.54, 1.807) is 19.4 Å². The highest BCUT2D eigenvalue weighted by Crippen LogP contribution is 2.40. The summed E-state index contributed by atoms with van der Waals surface area (Å²) in [7, 11) is 7.74. The number of anilines is 4. The van der Waals surface area contributed by atoms with Crippen LogP contribution < -0.4 is 20.7 Å². The van der Waals surface area contributed by atoms with Gasteiger partial charge in [0.1, 0.15) is 11.6 Å². The van der Waals surface area contributed by atoms with E-state index in [4.69, 9.17) is 15.5 Å². The Kier molecular flexibility index (Phi) is 7.12. The van der Waals surface area contributed by atoms with Crippen LogP contribution in [-0.4, -0.2) is 60.8 Å². The molecule has 1 aliphatic heterocycles. The van der Waals surface area contributed by atoms with Crippen LogP contribution in [0.1, 0.15) is 19.0 Å². The van der Waals surface area contributed by atoms with Gasteiger partial charge in [-0.3, -0.25) is 0 Å². The molecule has 5 rings (SSSR count). The highest BCUT2D eigenvalue weighted by atomic mass is 19.1. The minimum atomic E-state index is -0.252. The van der Waals surface area contributed by atoms with E-state index in [1.807, 2.05) is 45.4 Å². The second kappa shape index (κ2) is 10.5. The molecule has 4 aromatic rings. The Bertz CT molecular complexity index is 1470. The van der Waals surface area contributed by atoms with Gasteiger partial charge in [-0.05, 0) is 63.2 Å². The van der Waals surface area contributed by atoms with Gasteiger partial charge in [0.2, 0.25) is 5.95 Å². The lowest BCUT2D eigenvalue weighted by molar-refractivity contribution is 0.413. The standard InChI is InChI=1S/C29H36FN7O/c1-18-9-11-37-24-7-6-19(30)15-20(24)28(26(37)14-18)22-8-10-32-29(33-22)34-23-16-21(31)25(17-27(23)38-5)36(4)13-12-35(2)3/h6-8,10,15-18H,9,11-14,31H2,1-5H3,(H,32,33,34). The van der Waals surface area contributed by atoms with Crippen LogP contribution in [0.2, 0.25) is 0 Å². The van der Waals surface area contributed by atoms with E-state index in [0.717, 1.165) is 60.3 Å². The SMILES string of the molecule is COc1cc(N(C)CCN(C)C)c(N)cc1Nc1nccc(-c2c3n(c4ccc(F)cc24)CCC(C)C3)n1. The summed E-state index contributed by atoms with van der Waals surface area (Å²) in [6.07, 6.45) is 3.75. The summed E-state index contributed by atoms with van der Waals surface area (Å²) in [4.78, 5) is 13.6. The number of nitrogen functional groups attached to an aromatic ring is 1. The van der Waals surface area contributed by atoms with Crippen LogP contribution in [0.25, 0.3) is 22.2 Å². The Balaban J connectivity index is 1.51. The number of ether oxygens (including phenoxy) is 1. The molecule has 1 atom stereocenters. The lowest BCUT2D eigenvalue weighted by Crippen LogP contribution is -2.29. The van der Waals surface area contributed by atoms with Crippen molar-refractivity contribution in [3.8, 4) is 17.0 Å². The summed E-state index contributed by atoms with van der Waals surface area (Å²) in [5.41, 5.74) is 12.6. The lowest BCUT2D eigenvalue weighted by atomic mass is 9.95. The number of likely N-dealkylation sites (N-methyl/N-ethyl adjacent to an activating group) is 2. The van der Waals surface area contributed by atoms with Crippen molar-refractivity contribution in [1.29, 1.82) is 0 Å². The van der Waals surface area contributed by atoms with Gasteiger partial charge in [0.05, 0.1) is 29.9 Å². The lowest BCUT2D eigenvalue weighted by Gasteiger charge is -2.24. The number of rotatable bonds is 8. The number of nitrogens with two attached hydrogens (primary N) is 1. The van der Waals surface area contributed by atoms with Crippen LogP contribution >= 0.6 is 0 Å². The van der Waals surface area contributed by atoms with E-state index >= 15 is 0 Å².